The Balaban J connectivity index is 1.82. The molecule has 1 N–H and O–H groups in total. The SMILES string of the molecule is CC(C)CNCc1nnc(OCc2ccccc2Cl)s1. The molecule has 0 aliphatic carbocycles. The molecule has 0 unspecified atom stereocenters. The van der Waals surface area contributed by atoms with Gasteiger partial charge < -0.3 is 10.1 Å². The number of nitrogens with one attached hydrogen (secondary N) is 1. The first-order valence-electron chi connectivity index (χ1n) is 6.54. The van der Waals surface area contributed by atoms with Crippen LogP contribution in [0.15, 0.2) is 24.3 Å². The normalized spacial score (nSPS) is 11.0. The number of hydrogen-bond acceptors (Lipinski definition) is 5. The molecule has 0 atom stereocenters. The van der Waals surface area contributed by atoms with Gasteiger partial charge in [0, 0.05) is 17.1 Å². The number of nitrogens with zero attached hydrogens (tertiary/aromatic N) is 2. The van der Waals surface area contributed by atoms with Crippen molar-refractivity contribution < 1.29 is 4.74 Å². The van der Waals surface area contributed by atoms with Gasteiger partial charge in [-0.15, -0.1) is 5.10 Å². The van der Waals surface area contributed by atoms with Gasteiger partial charge in [0.05, 0.1) is 0 Å². The van der Waals surface area contributed by atoms with E-state index in [4.69, 9.17) is 16.3 Å². The Morgan fingerprint density at radius 3 is 2.85 bits per heavy atom. The van der Waals surface area contributed by atoms with Gasteiger partial charge in [-0.3, -0.25) is 0 Å². The molecule has 0 radical (unpaired) electrons. The van der Waals surface area contributed by atoms with E-state index >= 15 is 0 Å². The second-order valence-electron chi connectivity index (χ2n) is 4.87. The molecule has 1 aromatic heterocycles. The molecule has 108 valence electrons. The second-order valence-corrected chi connectivity index (χ2v) is 6.30. The van der Waals surface area contributed by atoms with Gasteiger partial charge in [-0.25, -0.2) is 0 Å². The molecule has 2 rings (SSSR count). The third-order valence-electron chi connectivity index (χ3n) is 2.59. The van der Waals surface area contributed by atoms with Crippen molar-refractivity contribution in [2.24, 2.45) is 5.92 Å². The van der Waals surface area contributed by atoms with Crippen molar-refractivity contribution >= 4 is 22.9 Å². The Hall–Kier alpha value is -1.17. The summed E-state index contributed by atoms with van der Waals surface area (Å²) in [5.74, 6) is 0.624. The minimum absolute atomic E-state index is 0.410. The summed E-state index contributed by atoms with van der Waals surface area (Å²) in [6, 6.07) is 7.62. The number of rotatable bonds is 7. The summed E-state index contributed by atoms with van der Waals surface area (Å²) in [6.45, 7) is 6.45. The first kappa shape index (κ1) is 15.2. The van der Waals surface area contributed by atoms with E-state index < -0.39 is 0 Å². The number of hydrogen-bond donors (Lipinski definition) is 1. The predicted molar refractivity (Wildman–Crippen MR) is 82.2 cm³/mol. The zero-order valence-corrected chi connectivity index (χ0v) is 13.2. The summed E-state index contributed by atoms with van der Waals surface area (Å²) in [5, 5.41) is 13.7. The highest BCUT2D eigenvalue weighted by Crippen LogP contribution is 2.21. The Morgan fingerprint density at radius 1 is 1.30 bits per heavy atom. The largest absolute Gasteiger partial charge is 0.464 e. The fourth-order valence-electron chi connectivity index (χ4n) is 1.59. The summed E-state index contributed by atoms with van der Waals surface area (Å²) >= 11 is 7.53. The average molecular weight is 312 g/mol. The van der Waals surface area contributed by atoms with Crippen molar-refractivity contribution in [1.82, 2.24) is 15.5 Å². The standard InChI is InChI=1S/C14H18ClN3OS/c1-10(2)7-16-8-13-17-18-14(20-13)19-9-11-5-3-4-6-12(11)15/h3-6,10,16H,7-9H2,1-2H3. The van der Waals surface area contributed by atoms with Gasteiger partial charge in [0.2, 0.25) is 0 Å². The first-order chi connectivity index (χ1) is 9.65. The summed E-state index contributed by atoms with van der Waals surface area (Å²) in [7, 11) is 0. The molecule has 0 spiro atoms. The number of aromatic nitrogens is 2. The third-order valence-corrected chi connectivity index (χ3v) is 3.79. The van der Waals surface area contributed by atoms with E-state index in [1.54, 1.807) is 0 Å². The van der Waals surface area contributed by atoms with Crippen LogP contribution in [0.5, 0.6) is 5.19 Å². The maximum Gasteiger partial charge on any atom is 0.294 e. The van der Waals surface area contributed by atoms with E-state index in [0.717, 1.165) is 23.7 Å². The lowest BCUT2D eigenvalue weighted by Crippen LogP contribution is -2.18. The van der Waals surface area contributed by atoms with E-state index in [-0.39, 0.29) is 0 Å². The zero-order valence-electron chi connectivity index (χ0n) is 11.6. The smallest absolute Gasteiger partial charge is 0.294 e. The first-order valence-corrected chi connectivity index (χ1v) is 7.74. The van der Waals surface area contributed by atoms with Gasteiger partial charge in [0.25, 0.3) is 5.19 Å². The molecule has 0 saturated carbocycles. The summed E-state index contributed by atoms with van der Waals surface area (Å²) < 4.78 is 5.61. The monoisotopic (exact) mass is 311 g/mol. The van der Waals surface area contributed by atoms with Crippen LogP contribution in [-0.2, 0) is 13.2 Å². The Morgan fingerprint density at radius 2 is 2.10 bits per heavy atom. The molecule has 20 heavy (non-hydrogen) atoms. The number of benzene rings is 1. The second kappa shape index (κ2) is 7.57. The average Bonchev–Trinajstić information content (AvgIpc) is 2.85. The molecule has 1 aromatic carbocycles. The lowest BCUT2D eigenvalue weighted by Gasteiger charge is -2.04. The lowest BCUT2D eigenvalue weighted by molar-refractivity contribution is 0.302. The van der Waals surface area contributed by atoms with Crippen LogP contribution < -0.4 is 10.1 Å². The van der Waals surface area contributed by atoms with Crippen LogP contribution in [0.4, 0.5) is 0 Å². The van der Waals surface area contributed by atoms with E-state index in [1.807, 2.05) is 24.3 Å². The van der Waals surface area contributed by atoms with Crippen LogP contribution >= 0.6 is 22.9 Å². The lowest BCUT2D eigenvalue weighted by atomic mass is 10.2. The Kier molecular flexibility index (Phi) is 5.76. The predicted octanol–water partition coefficient (Wildman–Crippen LogP) is 3.52. The fraction of sp³-hybridized carbons (Fsp3) is 0.429. The summed E-state index contributed by atoms with van der Waals surface area (Å²) in [4.78, 5) is 0. The van der Waals surface area contributed by atoms with Crippen LogP contribution in [0, 0.1) is 5.92 Å². The van der Waals surface area contributed by atoms with Crippen LogP contribution in [0.1, 0.15) is 24.4 Å². The molecule has 0 saturated heterocycles. The molecule has 1 heterocycles. The topological polar surface area (TPSA) is 47.0 Å². The molecule has 0 aliphatic heterocycles. The Labute approximate surface area is 128 Å². The highest BCUT2D eigenvalue weighted by molar-refractivity contribution is 7.13. The van der Waals surface area contributed by atoms with E-state index in [1.165, 1.54) is 11.3 Å². The Bertz CT molecular complexity index is 545. The number of halogens is 1. The highest BCUT2D eigenvalue weighted by Gasteiger charge is 2.06. The molecule has 0 bridgehead atoms. The van der Waals surface area contributed by atoms with E-state index in [9.17, 15) is 0 Å². The molecule has 4 nitrogen and oxygen atoms in total. The summed E-state index contributed by atoms with van der Waals surface area (Å²) in [6.07, 6.45) is 0. The maximum atomic E-state index is 6.07. The zero-order chi connectivity index (χ0) is 14.4. The molecule has 0 aliphatic rings. The van der Waals surface area contributed by atoms with Gasteiger partial charge in [-0.1, -0.05) is 60.1 Å². The highest BCUT2D eigenvalue weighted by atomic mass is 35.5. The minimum atomic E-state index is 0.410. The van der Waals surface area contributed by atoms with Crippen molar-refractivity contribution in [3.63, 3.8) is 0 Å². The van der Waals surface area contributed by atoms with Crippen LogP contribution in [0.25, 0.3) is 0 Å². The summed E-state index contributed by atoms with van der Waals surface area (Å²) in [5.41, 5.74) is 0.948. The van der Waals surface area contributed by atoms with Gasteiger partial charge >= 0.3 is 0 Å². The fourth-order valence-corrected chi connectivity index (χ4v) is 2.44. The van der Waals surface area contributed by atoms with Crippen LogP contribution in [-0.4, -0.2) is 16.7 Å². The molecule has 2 aromatic rings. The van der Waals surface area contributed by atoms with Crippen molar-refractivity contribution in [2.75, 3.05) is 6.54 Å². The number of ether oxygens (including phenoxy) is 1. The van der Waals surface area contributed by atoms with Crippen molar-refractivity contribution in [3.8, 4) is 5.19 Å². The molecular formula is C14H18ClN3OS. The van der Waals surface area contributed by atoms with E-state index in [0.29, 0.717) is 22.7 Å². The van der Waals surface area contributed by atoms with Gasteiger partial charge in [0.1, 0.15) is 11.6 Å². The van der Waals surface area contributed by atoms with Crippen molar-refractivity contribution in [1.29, 1.82) is 0 Å². The third kappa shape index (κ3) is 4.74. The van der Waals surface area contributed by atoms with E-state index in [2.05, 4.69) is 29.4 Å². The van der Waals surface area contributed by atoms with Crippen LogP contribution in [0.2, 0.25) is 5.02 Å². The molecule has 0 amide bonds. The quantitative estimate of drug-likeness (QED) is 0.850. The minimum Gasteiger partial charge on any atom is -0.464 e. The van der Waals surface area contributed by atoms with Crippen LogP contribution in [0.3, 0.4) is 0 Å². The van der Waals surface area contributed by atoms with Gasteiger partial charge in [-0.05, 0) is 18.5 Å². The van der Waals surface area contributed by atoms with Crippen molar-refractivity contribution in [2.45, 2.75) is 27.0 Å². The van der Waals surface area contributed by atoms with Gasteiger partial charge in [0.15, 0.2) is 0 Å². The molecular weight excluding hydrogens is 294 g/mol. The molecule has 6 heteroatoms. The molecule has 0 fully saturated rings. The van der Waals surface area contributed by atoms with Gasteiger partial charge in [-0.2, -0.15) is 0 Å². The maximum absolute atomic E-state index is 6.07. The van der Waals surface area contributed by atoms with Crippen molar-refractivity contribution in [3.05, 3.63) is 39.9 Å².